The molecule has 0 aliphatic carbocycles. The van der Waals surface area contributed by atoms with Crippen molar-refractivity contribution in [2.45, 2.75) is 6.92 Å². The van der Waals surface area contributed by atoms with Gasteiger partial charge in [0.25, 0.3) is 0 Å². The minimum atomic E-state index is -0.611. The first-order valence-corrected chi connectivity index (χ1v) is 12.3. The van der Waals surface area contributed by atoms with E-state index in [4.69, 9.17) is 0 Å². The monoisotopic (exact) mass is 557 g/mol. The molecule has 0 amide bonds. The molecule has 1 radical (unpaired) electrons. The second-order valence-corrected chi connectivity index (χ2v) is 8.75. The number of benzene rings is 2. The average molecular weight is 558 g/mol. The van der Waals surface area contributed by atoms with Gasteiger partial charge in [-0.1, -0.05) is 48.5 Å². The van der Waals surface area contributed by atoms with Crippen molar-refractivity contribution < 1.29 is 48.9 Å². The van der Waals surface area contributed by atoms with Crippen LogP contribution in [0.1, 0.15) is 22.4 Å². The van der Waals surface area contributed by atoms with Crippen molar-refractivity contribution in [3.8, 4) is 11.6 Å². The molecule has 10 nitrogen and oxygen atoms in total. The van der Waals surface area contributed by atoms with Crippen LogP contribution in [0.2, 0.25) is 0 Å². The van der Waals surface area contributed by atoms with E-state index in [1.54, 1.807) is 56.1 Å². The molecule has 0 atom stereocenters. The molecular formula is C25H24N5O5SV-5. The van der Waals surface area contributed by atoms with E-state index in [2.05, 4.69) is 20.3 Å². The molecule has 0 fully saturated rings. The van der Waals surface area contributed by atoms with Crippen LogP contribution in [0.3, 0.4) is 0 Å². The second-order valence-electron chi connectivity index (χ2n) is 7.26. The number of aryl methyl sites for hydroxylation is 1. The summed E-state index contributed by atoms with van der Waals surface area (Å²) in [4.78, 5) is 2.86. The van der Waals surface area contributed by atoms with Gasteiger partial charge in [0.1, 0.15) is 5.71 Å². The van der Waals surface area contributed by atoms with Crippen molar-refractivity contribution in [1.82, 2.24) is 9.78 Å². The quantitative estimate of drug-likeness (QED) is 0.205. The summed E-state index contributed by atoms with van der Waals surface area (Å²) < 4.78 is 10.9. The first kappa shape index (κ1) is 33.4. The Labute approximate surface area is 229 Å². The molecule has 2 aromatic heterocycles. The Morgan fingerprint density at radius 2 is 1.41 bits per heavy atom. The number of para-hydroxylation sites is 1. The van der Waals surface area contributed by atoms with Gasteiger partial charge in [0.15, 0.2) is 12.4 Å². The topological polar surface area (TPSA) is 177 Å². The third kappa shape index (κ3) is 9.08. The van der Waals surface area contributed by atoms with E-state index in [1.165, 1.54) is 4.68 Å². The van der Waals surface area contributed by atoms with Crippen LogP contribution < -0.4 is 15.2 Å². The van der Waals surface area contributed by atoms with Crippen molar-refractivity contribution >= 4 is 22.4 Å². The van der Waals surface area contributed by atoms with Crippen LogP contribution in [0.25, 0.3) is 5.69 Å². The molecule has 4 aromatic rings. The number of hydrogen-bond donors (Lipinski definition) is 0. The second kappa shape index (κ2) is 16.2. The molecule has 0 bridgehead atoms. The summed E-state index contributed by atoms with van der Waals surface area (Å²) >= 11 is 0. The van der Waals surface area contributed by atoms with E-state index < -0.39 is 16.7 Å². The molecule has 195 valence electrons. The maximum Gasteiger partial charge on any atom is 0.167 e. The van der Waals surface area contributed by atoms with Crippen LogP contribution >= 0.6 is 0 Å². The maximum absolute atomic E-state index is 13.2. The number of aromatic amines is 1. The fraction of sp³-hybridized carbons (Fsp3) is 0.120. The van der Waals surface area contributed by atoms with E-state index in [9.17, 15) is 14.4 Å². The maximum atomic E-state index is 13.2. The zero-order valence-electron chi connectivity index (χ0n) is 20.3. The number of aromatic nitrogens is 3. The summed E-state index contributed by atoms with van der Waals surface area (Å²) in [7, 11) is -0.611. The summed E-state index contributed by atoms with van der Waals surface area (Å²) in [6, 6.07) is 21.5. The molecule has 2 aromatic carbocycles. The number of hydrogen-bond acceptors (Lipinski definition) is 6. The van der Waals surface area contributed by atoms with E-state index in [-0.39, 0.29) is 35.4 Å². The molecule has 0 aliphatic heterocycles. The Kier molecular flexibility index (Phi) is 14.6. The summed E-state index contributed by atoms with van der Waals surface area (Å²) in [5, 5.41) is 38.1. The minimum Gasteiger partial charge on any atom is -2.00 e. The summed E-state index contributed by atoms with van der Waals surface area (Å²) in [5.41, 5.74) is 2.83. The van der Waals surface area contributed by atoms with Crippen LogP contribution in [0.4, 0.5) is 0 Å². The number of nitrogens with one attached hydrogen (secondary N) is 1. The molecule has 0 aliphatic rings. The van der Waals surface area contributed by atoms with Gasteiger partial charge in [-0.3, -0.25) is 4.21 Å². The molecule has 4 rings (SSSR count). The summed E-state index contributed by atoms with van der Waals surface area (Å²) in [5.74, 6) is -0.823. The van der Waals surface area contributed by atoms with Gasteiger partial charge in [-0.15, -0.1) is 0 Å². The molecule has 0 saturated heterocycles. The number of rotatable bonds is 5. The SMILES string of the molecule is CS(C)=O.Cc1nn(-c2ccccc2)c([O-])c1/C(=N/N=C(\[O-])c1cc[nH+]cc1)c1ccccc1.[O-2].[O-2].[V]. The molecule has 37 heavy (non-hydrogen) atoms. The standard InChI is InChI=1S/C23H19N5O2.C2H6OS.2O.V/c1-16-20(23(30)28(27-16)19-10-6-3-7-11-19)21(17-8-4-2-5-9-17)25-26-22(29)18-12-14-24-15-13-18;1-4(2)3;;;/h2-15,30H,1H3,(H,26,29);1-2H3;;;/q;;2*-2;/p-1/b25-21+;;;;. The molecule has 12 heteroatoms. The van der Waals surface area contributed by atoms with Gasteiger partial charge in [0.05, 0.1) is 11.4 Å². The third-order valence-electron chi connectivity index (χ3n) is 4.51. The first-order chi connectivity index (χ1) is 16.4. The van der Waals surface area contributed by atoms with Gasteiger partial charge >= 0.3 is 0 Å². The van der Waals surface area contributed by atoms with Crippen molar-refractivity contribution in [3.63, 3.8) is 0 Å². The fourth-order valence-electron chi connectivity index (χ4n) is 3.05. The van der Waals surface area contributed by atoms with Gasteiger partial charge in [0, 0.05) is 76.9 Å². The van der Waals surface area contributed by atoms with Gasteiger partial charge in [0.2, 0.25) is 0 Å². The predicted octanol–water partition coefficient (Wildman–Crippen LogP) is 1.38. The average Bonchev–Trinajstić information content (AvgIpc) is 3.14. The Bertz CT molecular complexity index is 1310. The Balaban J connectivity index is 0.00000173. The van der Waals surface area contributed by atoms with Crippen molar-refractivity contribution in [2.24, 2.45) is 10.2 Å². The smallest absolute Gasteiger partial charge is 0.167 e. The molecule has 0 saturated carbocycles. The number of nitrogens with zero attached hydrogens (tertiary/aromatic N) is 4. The van der Waals surface area contributed by atoms with Crippen LogP contribution in [-0.4, -0.2) is 38.1 Å². The van der Waals surface area contributed by atoms with Gasteiger partial charge in [-0.2, -0.15) is 15.3 Å². The van der Waals surface area contributed by atoms with Gasteiger partial charge in [-0.05, 0) is 24.6 Å². The molecule has 0 unspecified atom stereocenters. The zero-order chi connectivity index (χ0) is 24.5. The van der Waals surface area contributed by atoms with Crippen LogP contribution in [0.5, 0.6) is 5.88 Å². The van der Waals surface area contributed by atoms with Gasteiger partial charge < -0.3 is 21.2 Å². The molecule has 0 spiro atoms. The van der Waals surface area contributed by atoms with Crippen molar-refractivity contribution in [2.75, 3.05) is 12.5 Å². The Morgan fingerprint density at radius 3 is 1.95 bits per heavy atom. The van der Waals surface area contributed by atoms with E-state index >= 15 is 0 Å². The van der Waals surface area contributed by atoms with Crippen molar-refractivity contribution in [3.05, 3.63) is 108 Å². The van der Waals surface area contributed by atoms with Crippen molar-refractivity contribution in [1.29, 1.82) is 0 Å². The molecule has 2 heterocycles. The number of H-pyrrole nitrogens is 1. The van der Waals surface area contributed by atoms with Crippen LogP contribution in [0, 0.1) is 6.92 Å². The van der Waals surface area contributed by atoms with E-state index in [1.807, 2.05) is 48.5 Å². The third-order valence-corrected chi connectivity index (χ3v) is 4.51. The molecular weight excluding hydrogens is 533 g/mol. The molecule has 1 N–H and O–H groups in total. The number of pyridine rings is 1. The first-order valence-electron chi connectivity index (χ1n) is 10.3. The zero-order valence-corrected chi connectivity index (χ0v) is 22.5. The van der Waals surface area contributed by atoms with Crippen LogP contribution in [0.15, 0.2) is 95.4 Å². The Hall–Kier alpha value is -3.61. The van der Waals surface area contributed by atoms with Crippen LogP contribution in [-0.2, 0) is 40.3 Å². The predicted molar refractivity (Wildman–Crippen MR) is 131 cm³/mol. The van der Waals surface area contributed by atoms with E-state index in [0.29, 0.717) is 33.8 Å². The van der Waals surface area contributed by atoms with E-state index in [0.717, 1.165) is 0 Å². The normalized spacial score (nSPS) is 10.8. The Morgan fingerprint density at radius 1 is 0.892 bits per heavy atom. The minimum absolute atomic E-state index is 0. The van der Waals surface area contributed by atoms with Gasteiger partial charge in [-0.25, -0.2) is 9.67 Å². The largest absolute Gasteiger partial charge is 2.00 e. The summed E-state index contributed by atoms with van der Waals surface area (Å²) in [6.07, 6.45) is 6.54. The fourth-order valence-corrected chi connectivity index (χ4v) is 3.05. The summed E-state index contributed by atoms with van der Waals surface area (Å²) in [6.45, 7) is 1.74.